The van der Waals surface area contributed by atoms with Crippen LogP contribution >= 0.6 is 0 Å². The lowest BCUT2D eigenvalue weighted by Crippen LogP contribution is -2.61. The van der Waals surface area contributed by atoms with E-state index in [0.717, 1.165) is 24.0 Å². The number of carbonyl (C=O) groups is 1. The van der Waals surface area contributed by atoms with E-state index in [0.29, 0.717) is 18.8 Å². The average molecular weight is 680 g/mol. The van der Waals surface area contributed by atoms with E-state index in [4.69, 9.17) is 23.7 Å². The van der Waals surface area contributed by atoms with Gasteiger partial charge in [-0.15, -0.1) is 6.58 Å². The molecule has 0 unspecified atom stereocenters. The Kier molecular flexibility index (Phi) is 11.1. The minimum Gasteiger partial charge on any atom is -0.392 e. The molecule has 2 saturated heterocycles. The van der Waals surface area contributed by atoms with E-state index in [1.165, 1.54) is 0 Å². The highest BCUT2D eigenvalue weighted by molar-refractivity contribution is 5.82. The van der Waals surface area contributed by atoms with E-state index in [-0.39, 0.29) is 43.2 Å². The monoisotopic (exact) mass is 679 g/mol. The summed E-state index contributed by atoms with van der Waals surface area (Å²) in [4.78, 5) is 12.5. The van der Waals surface area contributed by atoms with E-state index in [9.17, 15) is 30.3 Å². The number of epoxide rings is 1. The van der Waals surface area contributed by atoms with Gasteiger partial charge in [-0.05, 0) is 62.9 Å². The number of hydrogen-bond donors (Lipinski definition) is 6. The molecule has 1 saturated carbocycles. The molecular formula is C36H57NO11. The molecule has 5 rings (SSSR count). The van der Waals surface area contributed by atoms with Crippen LogP contribution in [0.1, 0.15) is 60.8 Å². The molecule has 2 heterocycles. The largest absolute Gasteiger partial charge is 0.392 e. The van der Waals surface area contributed by atoms with Crippen molar-refractivity contribution >= 4 is 5.91 Å². The van der Waals surface area contributed by atoms with Gasteiger partial charge in [0.2, 0.25) is 0 Å². The van der Waals surface area contributed by atoms with Crippen LogP contribution in [0.25, 0.3) is 0 Å². The number of hydrogen-bond acceptors (Lipinski definition) is 11. The molecule has 12 heteroatoms. The van der Waals surface area contributed by atoms with Crippen molar-refractivity contribution in [3.63, 3.8) is 0 Å². The Hall–Kier alpha value is -1.71. The third-order valence-corrected chi connectivity index (χ3v) is 11.9. The number of rotatable bonds is 12. The number of amides is 1. The van der Waals surface area contributed by atoms with Crippen LogP contribution in [0.5, 0.6) is 0 Å². The lowest BCUT2D eigenvalue weighted by molar-refractivity contribution is -0.319. The zero-order valence-electron chi connectivity index (χ0n) is 29.4. The highest BCUT2D eigenvalue weighted by Gasteiger charge is 2.58. The zero-order chi connectivity index (χ0) is 35.3. The molecule has 48 heavy (non-hydrogen) atoms. The Morgan fingerprint density at radius 2 is 1.83 bits per heavy atom. The van der Waals surface area contributed by atoms with E-state index in [1.807, 2.05) is 20.8 Å². The van der Waals surface area contributed by atoms with Crippen LogP contribution in [0, 0.1) is 28.6 Å². The van der Waals surface area contributed by atoms with Gasteiger partial charge in [0, 0.05) is 25.0 Å². The van der Waals surface area contributed by atoms with Gasteiger partial charge in [-0.1, -0.05) is 44.1 Å². The highest BCUT2D eigenvalue weighted by atomic mass is 16.7. The van der Waals surface area contributed by atoms with Crippen LogP contribution in [0.4, 0.5) is 0 Å². The smallest absolute Gasteiger partial charge is 0.251 e. The number of methoxy groups -OCH3 is 1. The first kappa shape index (κ1) is 37.5. The van der Waals surface area contributed by atoms with Gasteiger partial charge in [0.25, 0.3) is 5.91 Å². The quantitative estimate of drug-likeness (QED) is 0.130. The summed E-state index contributed by atoms with van der Waals surface area (Å²) in [6.07, 6.45) is -5.04. The summed E-state index contributed by atoms with van der Waals surface area (Å²) < 4.78 is 29.4. The predicted molar refractivity (Wildman–Crippen MR) is 175 cm³/mol. The maximum absolute atomic E-state index is 12.5. The van der Waals surface area contributed by atoms with Crippen molar-refractivity contribution in [3.05, 3.63) is 35.5 Å². The van der Waals surface area contributed by atoms with Crippen LogP contribution in [0.15, 0.2) is 35.5 Å². The van der Waals surface area contributed by atoms with E-state index >= 15 is 0 Å². The first-order valence-electron chi connectivity index (χ1n) is 17.3. The van der Waals surface area contributed by atoms with Gasteiger partial charge in [0.05, 0.1) is 37.6 Å². The SMILES string of the molecule is C=CC(C)(C)OC[C@H]1O[C@H](O[C@@H]2C3=C([C@H](C)CNC(=O)[C@H]4CO4)C[C@H](O)[C@]3(C)/C=C3/[C@@H](COC)CC[C@@]3(C)[C@@H](C)[C@H]2O)[C@H](O)[C@@H](O)[C@@H]1O. The predicted octanol–water partition coefficient (Wildman–Crippen LogP) is 1.38. The Balaban J connectivity index is 1.56. The van der Waals surface area contributed by atoms with Crippen LogP contribution in [0.3, 0.4) is 0 Å². The maximum atomic E-state index is 12.5. The van der Waals surface area contributed by atoms with Crippen molar-refractivity contribution < 1.29 is 54.0 Å². The Morgan fingerprint density at radius 3 is 2.46 bits per heavy atom. The Morgan fingerprint density at radius 1 is 1.15 bits per heavy atom. The topological polar surface area (TPSA) is 180 Å². The number of nitrogens with one attached hydrogen (secondary N) is 1. The molecule has 0 aromatic rings. The van der Waals surface area contributed by atoms with Gasteiger partial charge in [0.1, 0.15) is 30.5 Å². The summed E-state index contributed by atoms with van der Waals surface area (Å²) in [6, 6.07) is 0. The molecule has 3 fully saturated rings. The van der Waals surface area contributed by atoms with Gasteiger partial charge in [-0.2, -0.15) is 0 Å². The molecular weight excluding hydrogens is 622 g/mol. The first-order valence-corrected chi connectivity index (χ1v) is 17.3. The van der Waals surface area contributed by atoms with E-state index in [1.54, 1.807) is 27.0 Å². The van der Waals surface area contributed by atoms with Gasteiger partial charge < -0.3 is 54.5 Å². The van der Waals surface area contributed by atoms with Gasteiger partial charge in [-0.3, -0.25) is 4.79 Å². The van der Waals surface area contributed by atoms with Crippen LogP contribution in [0.2, 0.25) is 0 Å². The van der Waals surface area contributed by atoms with Crippen molar-refractivity contribution in [1.29, 1.82) is 0 Å². The standard InChI is InChI=1S/C36H57NO11/c1-9-34(4,5)46-17-23-28(40)29(41)30(42)33(47-23)48-31-26-21(18(2)14-37-32(43)24-16-45-24)12-25(38)36(26,7)13-22-20(15-44-8)10-11-35(22,6)19(3)27(31)39/h9,13,18-20,23-25,27-31,33,38-42H,1,10-12,14-17H2,2-8H3,(H,37,43)/b22-13-/t18-,19+,20-,23-,24-,25+,27-,28-,29+,30-,31-,33-,35+,36+/m1/s1. The second-order valence-corrected chi connectivity index (χ2v) is 15.6. The van der Waals surface area contributed by atoms with E-state index < -0.39 is 71.6 Å². The summed E-state index contributed by atoms with van der Waals surface area (Å²) in [5, 5.41) is 60.2. The lowest BCUT2D eigenvalue weighted by atomic mass is 9.62. The van der Waals surface area contributed by atoms with Crippen molar-refractivity contribution in [3.8, 4) is 0 Å². The molecule has 272 valence electrons. The maximum Gasteiger partial charge on any atom is 0.251 e. The second kappa shape index (κ2) is 14.1. The number of ether oxygens (including phenoxy) is 5. The van der Waals surface area contributed by atoms with Crippen LogP contribution in [-0.4, -0.2) is 126 Å². The minimum atomic E-state index is -1.65. The van der Waals surface area contributed by atoms with E-state index in [2.05, 4.69) is 24.9 Å². The summed E-state index contributed by atoms with van der Waals surface area (Å²) in [5.74, 6) is -0.671. The minimum absolute atomic E-state index is 0.109. The molecule has 1 amide bonds. The Bertz CT molecular complexity index is 1260. The highest BCUT2D eigenvalue weighted by Crippen LogP contribution is 2.60. The van der Waals surface area contributed by atoms with Crippen molar-refractivity contribution in [2.45, 2.75) is 122 Å². The number of aliphatic hydroxyl groups is 5. The third kappa shape index (κ3) is 6.95. The molecule has 6 N–H and O–H groups in total. The summed E-state index contributed by atoms with van der Waals surface area (Å²) >= 11 is 0. The fourth-order valence-corrected chi connectivity index (χ4v) is 8.21. The molecule has 3 aliphatic carbocycles. The molecule has 0 radical (unpaired) electrons. The Labute approximate surface area is 284 Å². The van der Waals surface area contributed by atoms with Crippen LogP contribution in [-0.2, 0) is 28.5 Å². The van der Waals surface area contributed by atoms with Crippen LogP contribution < -0.4 is 5.32 Å². The van der Waals surface area contributed by atoms with Gasteiger partial charge >= 0.3 is 0 Å². The fourth-order valence-electron chi connectivity index (χ4n) is 8.21. The molecule has 0 aromatic carbocycles. The number of aliphatic hydroxyl groups excluding tert-OH is 5. The molecule has 0 aromatic heterocycles. The molecule has 0 spiro atoms. The summed E-state index contributed by atoms with van der Waals surface area (Å²) in [6.45, 7) is 16.5. The number of fused-ring (bicyclic) bond motifs is 2. The average Bonchev–Trinajstić information content (AvgIpc) is 3.82. The third-order valence-electron chi connectivity index (χ3n) is 11.9. The first-order chi connectivity index (χ1) is 22.5. The fraction of sp³-hybridized carbons (Fsp3) is 0.806. The molecule has 5 aliphatic rings. The van der Waals surface area contributed by atoms with Crippen molar-refractivity contribution in [2.24, 2.45) is 28.6 Å². The van der Waals surface area contributed by atoms with Crippen molar-refractivity contribution in [1.82, 2.24) is 5.32 Å². The molecule has 14 atom stereocenters. The molecule has 0 bridgehead atoms. The van der Waals surface area contributed by atoms with Gasteiger partial charge in [-0.25, -0.2) is 0 Å². The zero-order valence-corrected chi connectivity index (χ0v) is 29.4. The molecule has 12 nitrogen and oxygen atoms in total. The molecule has 2 aliphatic heterocycles. The van der Waals surface area contributed by atoms with Gasteiger partial charge in [0.15, 0.2) is 12.4 Å². The summed E-state index contributed by atoms with van der Waals surface area (Å²) in [5.41, 5.74) is 0.453. The number of carbonyl (C=O) groups excluding carboxylic acids is 1. The van der Waals surface area contributed by atoms with Crippen molar-refractivity contribution in [2.75, 3.05) is 33.5 Å². The lowest BCUT2D eigenvalue weighted by Gasteiger charge is -2.49. The second-order valence-electron chi connectivity index (χ2n) is 15.6. The normalized spacial score (nSPS) is 44.6. The summed E-state index contributed by atoms with van der Waals surface area (Å²) in [7, 11) is 1.68.